The van der Waals surface area contributed by atoms with E-state index in [9.17, 15) is 8.42 Å². The monoisotopic (exact) mass is 340 g/mol. The highest BCUT2D eigenvalue weighted by Crippen LogP contribution is 2.33. The van der Waals surface area contributed by atoms with Gasteiger partial charge in [0.2, 0.25) is 10.0 Å². The number of aromatic nitrogens is 1. The molecule has 0 saturated carbocycles. The molecule has 0 spiro atoms. The minimum atomic E-state index is -3.12. The van der Waals surface area contributed by atoms with E-state index in [0.717, 1.165) is 25.0 Å². The Morgan fingerprint density at radius 2 is 2.22 bits per heavy atom. The molecule has 3 rings (SSSR count). The zero-order valence-corrected chi connectivity index (χ0v) is 14.2. The van der Waals surface area contributed by atoms with E-state index in [0.29, 0.717) is 19.8 Å². The molecule has 0 aromatic carbocycles. The average molecular weight is 340 g/mol. The molecule has 7 heteroatoms. The summed E-state index contributed by atoms with van der Waals surface area (Å²) in [5.41, 5.74) is 0.905. The van der Waals surface area contributed by atoms with E-state index in [2.05, 4.69) is 4.98 Å². The topological polar surface area (TPSA) is 68.7 Å². The van der Waals surface area contributed by atoms with Gasteiger partial charge in [0.05, 0.1) is 42.9 Å². The molecule has 1 aromatic rings. The van der Waals surface area contributed by atoms with Crippen LogP contribution in [0.15, 0.2) is 24.4 Å². The predicted molar refractivity (Wildman–Crippen MR) is 86.4 cm³/mol. The number of fused-ring (bicyclic) bond motifs is 1. The van der Waals surface area contributed by atoms with E-state index in [4.69, 9.17) is 9.47 Å². The van der Waals surface area contributed by atoms with Crippen LogP contribution in [0.25, 0.3) is 0 Å². The maximum absolute atomic E-state index is 12.1. The number of pyridine rings is 1. The van der Waals surface area contributed by atoms with Crippen LogP contribution in [0.5, 0.6) is 0 Å². The zero-order chi connectivity index (χ0) is 16.3. The van der Waals surface area contributed by atoms with Gasteiger partial charge in [-0.3, -0.25) is 4.98 Å². The van der Waals surface area contributed by atoms with Crippen molar-refractivity contribution in [1.29, 1.82) is 0 Å². The molecule has 3 atom stereocenters. The maximum atomic E-state index is 12.1. The summed E-state index contributed by atoms with van der Waals surface area (Å²) in [6.45, 7) is 3.28. The lowest BCUT2D eigenvalue weighted by atomic mass is 10.0. The third-order valence-corrected chi connectivity index (χ3v) is 6.48. The van der Waals surface area contributed by atoms with E-state index < -0.39 is 10.0 Å². The van der Waals surface area contributed by atoms with E-state index in [-0.39, 0.29) is 24.0 Å². The molecule has 6 nitrogen and oxygen atoms in total. The van der Waals surface area contributed by atoms with Crippen LogP contribution >= 0.6 is 0 Å². The van der Waals surface area contributed by atoms with Gasteiger partial charge < -0.3 is 9.47 Å². The van der Waals surface area contributed by atoms with Crippen LogP contribution in [-0.4, -0.2) is 54.9 Å². The molecule has 23 heavy (non-hydrogen) atoms. The van der Waals surface area contributed by atoms with Crippen molar-refractivity contribution in [3.05, 3.63) is 30.1 Å². The Bertz CT molecular complexity index is 608. The minimum Gasteiger partial charge on any atom is -0.372 e. The average Bonchev–Trinajstić information content (AvgIpc) is 3.00. The van der Waals surface area contributed by atoms with Gasteiger partial charge in [-0.2, -0.15) is 4.31 Å². The normalized spacial score (nSPS) is 28.7. The summed E-state index contributed by atoms with van der Waals surface area (Å²) in [4.78, 5) is 4.22. The SMILES string of the molecule is CCS(=O)(=O)N1CCC2O[C@H](COCc3ccccn3)CCC21. The first-order chi connectivity index (χ1) is 11.1. The van der Waals surface area contributed by atoms with Gasteiger partial charge in [-0.05, 0) is 38.3 Å². The number of ether oxygens (including phenoxy) is 2. The minimum absolute atomic E-state index is 0.00647. The lowest BCUT2D eigenvalue weighted by Gasteiger charge is -2.35. The largest absolute Gasteiger partial charge is 0.372 e. The smallest absolute Gasteiger partial charge is 0.214 e. The molecule has 3 heterocycles. The summed E-state index contributed by atoms with van der Waals surface area (Å²) in [6, 6.07) is 5.76. The molecule has 0 radical (unpaired) electrons. The van der Waals surface area contributed by atoms with Gasteiger partial charge in [-0.25, -0.2) is 8.42 Å². The second kappa shape index (κ2) is 7.25. The van der Waals surface area contributed by atoms with Crippen LogP contribution in [-0.2, 0) is 26.1 Å². The molecule has 2 aliphatic rings. The fourth-order valence-electron chi connectivity index (χ4n) is 3.37. The maximum Gasteiger partial charge on any atom is 0.214 e. The Kier molecular flexibility index (Phi) is 5.31. The molecule has 2 aliphatic heterocycles. The Labute approximate surface area is 137 Å². The fraction of sp³-hybridized carbons (Fsp3) is 0.688. The molecule has 2 saturated heterocycles. The summed E-state index contributed by atoms with van der Waals surface area (Å²) in [6.07, 6.45) is 4.26. The first-order valence-corrected chi connectivity index (χ1v) is 9.83. The molecular weight excluding hydrogens is 316 g/mol. The molecule has 0 amide bonds. The quantitative estimate of drug-likeness (QED) is 0.786. The number of hydrogen-bond donors (Lipinski definition) is 0. The van der Waals surface area contributed by atoms with Crippen molar-refractivity contribution in [1.82, 2.24) is 9.29 Å². The van der Waals surface area contributed by atoms with Crippen molar-refractivity contribution in [2.75, 3.05) is 18.9 Å². The Balaban J connectivity index is 1.48. The molecule has 0 N–H and O–H groups in total. The van der Waals surface area contributed by atoms with Gasteiger partial charge in [-0.15, -0.1) is 0 Å². The van der Waals surface area contributed by atoms with Gasteiger partial charge in [0, 0.05) is 12.7 Å². The third kappa shape index (κ3) is 3.91. The summed E-state index contributed by atoms with van der Waals surface area (Å²) < 4.78 is 37.6. The van der Waals surface area contributed by atoms with Crippen molar-refractivity contribution in [2.24, 2.45) is 0 Å². The third-order valence-electron chi connectivity index (χ3n) is 4.59. The number of rotatable bonds is 6. The summed E-state index contributed by atoms with van der Waals surface area (Å²) in [5.74, 6) is 0.160. The Hall–Kier alpha value is -1.02. The second-order valence-corrected chi connectivity index (χ2v) is 8.29. The van der Waals surface area contributed by atoms with Crippen molar-refractivity contribution < 1.29 is 17.9 Å². The van der Waals surface area contributed by atoms with E-state index in [1.165, 1.54) is 0 Å². The lowest BCUT2D eigenvalue weighted by Crippen LogP contribution is -2.46. The standard InChI is InChI=1S/C16H24N2O4S/c1-2-23(19,20)18-10-8-16-15(18)7-6-14(22-16)12-21-11-13-5-3-4-9-17-13/h3-5,9,14-16H,2,6-8,10-12H2,1H3/t14-,15?,16?/m0/s1. The second-order valence-electron chi connectivity index (χ2n) is 6.08. The first-order valence-electron chi connectivity index (χ1n) is 8.23. The molecular formula is C16H24N2O4S. The van der Waals surface area contributed by atoms with Crippen LogP contribution in [0.2, 0.25) is 0 Å². The number of hydrogen-bond acceptors (Lipinski definition) is 5. The van der Waals surface area contributed by atoms with Crippen molar-refractivity contribution >= 4 is 10.0 Å². The predicted octanol–water partition coefficient (Wildman–Crippen LogP) is 1.57. The summed E-state index contributed by atoms with van der Waals surface area (Å²) >= 11 is 0. The summed E-state index contributed by atoms with van der Waals surface area (Å²) in [5, 5.41) is 0. The highest BCUT2D eigenvalue weighted by Gasteiger charge is 2.44. The molecule has 0 bridgehead atoms. The van der Waals surface area contributed by atoms with Gasteiger partial charge in [0.1, 0.15) is 0 Å². The van der Waals surface area contributed by atoms with Crippen LogP contribution in [0.1, 0.15) is 31.9 Å². The Morgan fingerprint density at radius 3 is 2.96 bits per heavy atom. The highest BCUT2D eigenvalue weighted by molar-refractivity contribution is 7.89. The van der Waals surface area contributed by atoms with Crippen LogP contribution < -0.4 is 0 Å². The molecule has 128 valence electrons. The van der Waals surface area contributed by atoms with Crippen LogP contribution in [0.3, 0.4) is 0 Å². The van der Waals surface area contributed by atoms with E-state index in [1.807, 2.05) is 18.2 Å². The number of nitrogens with zero attached hydrogens (tertiary/aromatic N) is 2. The molecule has 0 aliphatic carbocycles. The Morgan fingerprint density at radius 1 is 1.35 bits per heavy atom. The van der Waals surface area contributed by atoms with Crippen LogP contribution in [0.4, 0.5) is 0 Å². The van der Waals surface area contributed by atoms with E-state index in [1.54, 1.807) is 17.4 Å². The fourth-order valence-corrected chi connectivity index (χ4v) is 4.74. The van der Waals surface area contributed by atoms with Gasteiger partial charge in [0.25, 0.3) is 0 Å². The van der Waals surface area contributed by atoms with Crippen molar-refractivity contribution in [2.45, 2.75) is 51.0 Å². The van der Waals surface area contributed by atoms with Gasteiger partial charge >= 0.3 is 0 Å². The lowest BCUT2D eigenvalue weighted by molar-refractivity contribution is -0.0964. The highest BCUT2D eigenvalue weighted by atomic mass is 32.2. The van der Waals surface area contributed by atoms with Crippen molar-refractivity contribution in [3.8, 4) is 0 Å². The van der Waals surface area contributed by atoms with Crippen molar-refractivity contribution in [3.63, 3.8) is 0 Å². The van der Waals surface area contributed by atoms with Gasteiger partial charge in [-0.1, -0.05) is 6.07 Å². The summed E-state index contributed by atoms with van der Waals surface area (Å²) in [7, 11) is -3.12. The van der Waals surface area contributed by atoms with Gasteiger partial charge in [0.15, 0.2) is 0 Å². The molecule has 2 fully saturated rings. The van der Waals surface area contributed by atoms with E-state index >= 15 is 0 Å². The number of sulfonamides is 1. The van der Waals surface area contributed by atoms with Crippen LogP contribution in [0, 0.1) is 0 Å². The molecule has 1 aromatic heterocycles. The molecule has 2 unspecified atom stereocenters. The zero-order valence-electron chi connectivity index (χ0n) is 13.4. The first kappa shape index (κ1) is 16.8.